The smallest absolute Gasteiger partial charge is 0.287 e. The van der Waals surface area contributed by atoms with E-state index in [0.29, 0.717) is 13.0 Å². The first-order chi connectivity index (χ1) is 8.49. The third kappa shape index (κ3) is 2.81. The largest absolute Gasteiger partial charge is 0.315 e. The molecule has 18 heavy (non-hydrogen) atoms. The molecule has 9 heteroatoms. The fraction of sp³-hybridized carbons (Fsp3) is 0.444. The van der Waals surface area contributed by atoms with E-state index in [-0.39, 0.29) is 16.8 Å². The molecule has 1 aromatic heterocycles. The lowest BCUT2D eigenvalue weighted by atomic mass is 10.3. The van der Waals surface area contributed by atoms with Gasteiger partial charge in [-0.2, -0.15) is 0 Å². The minimum absolute atomic E-state index is 0.160. The van der Waals surface area contributed by atoms with Crippen LogP contribution in [0.25, 0.3) is 0 Å². The summed E-state index contributed by atoms with van der Waals surface area (Å²) in [5.41, 5.74) is -0.239. The summed E-state index contributed by atoms with van der Waals surface area (Å²) in [5, 5.41) is 13.3. The van der Waals surface area contributed by atoms with Gasteiger partial charge < -0.3 is 5.32 Å². The van der Waals surface area contributed by atoms with Crippen molar-refractivity contribution in [3.63, 3.8) is 0 Å². The molecule has 98 valence electrons. The fourth-order valence-electron chi connectivity index (χ4n) is 1.67. The molecule has 0 spiro atoms. The molecule has 1 aromatic rings. The average molecular weight is 272 g/mol. The van der Waals surface area contributed by atoms with E-state index in [1.807, 2.05) is 0 Å². The molecule has 0 bridgehead atoms. The van der Waals surface area contributed by atoms with Crippen LogP contribution in [-0.2, 0) is 10.0 Å². The summed E-state index contributed by atoms with van der Waals surface area (Å²) in [6.07, 6.45) is 1.65. The number of pyridine rings is 1. The van der Waals surface area contributed by atoms with E-state index in [0.717, 1.165) is 24.9 Å². The summed E-state index contributed by atoms with van der Waals surface area (Å²) in [6, 6.07) is 2.09. The Bertz CT molecular complexity index is 536. The third-order valence-corrected chi connectivity index (χ3v) is 4.02. The molecular formula is C9H12N4O4S. The molecule has 1 fully saturated rings. The van der Waals surface area contributed by atoms with Gasteiger partial charge in [0.05, 0.1) is 4.92 Å². The first kappa shape index (κ1) is 12.9. The molecule has 2 heterocycles. The van der Waals surface area contributed by atoms with Gasteiger partial charge in [-0.3, -0.25) is 10.1 Å². The second-order valence-corrected chi connectivity index (χ2v) is 5.58. The highest BCUT2D eigenvalue weighted by molar-refractivity contribution is 7.89. The molecule has 2 N–H and O–H groups in total. The number of nitrogens with one attached hydrogen (secondary N) is 2. The van der Waals surface area contributed by atoms with Gasteiger partial charge in [0, 0.05) is 18.7 Å². The van der Waals surface area contributed by atoms with Crippen molar-refractivity contribution in [3.8, 4) is 0 Å². The Morgan fingerprint density at radius 1 is 1.50 bits per heavy atom. The third-order valence-electron chi connectivity index (χ3n) is 2.59. The minimum Gasteiger partial charge on any atom is -0.315 e. The zero-order chi connectivity index (χ0) is 13.2. The van der Waals surface area contributed by atoms with Crippen LogP contribution in [0.5, 0.6) is 0 Å². The molecule has 8 nitrogen and oxygen atoms in total. The van der Waals surface area contributed by atoms with Crippen molar-refractivity contribution in [1.82, 2.24) is 15.0 Å². The second-order valence-electron chi connectivity index (χ2n) is 3.92. The van der Waals surface area contributed by atoms with Crippen molar-refractivity contribution >= 4 is 15.7 Å². The Morgan fingerprint density at radius 3 is 2.78 bits per heavy atom. The SMILES string of the molecule is O=[N+]([O-])c1ccc(S(=O)(=O)N[C@@H]2CCNC2)nc1. The highest BCUT2D eigenvalue weighted by Crippen LogP contribution is 2.13. The lowest BCUT2D eigenvalue weighted by Gasteiger charge is -2.10. The van der Waals surface area contributed by atoms with Crippen LogP contribution in [0.15, 0.2) is 23.4 Å². The first-order valence-electron chi connectivity index (χ1n) is 5.32. The van der Waals surface area contributed by atoms with Crippen molar-refractivity contribution in [2.24, 2.45) is 0 Å². The summed E-state index contributed by atoms with van der Waals surface area (Å²) < 4.78 is 26.3. The summed E-state index contributed by atoms with van der Waals surface area (Å²) >= 11 is 0. The van der Waals surface area contributed by atoms with Gasteiger partial charge in [0.25, 0.3) is 15.7 Å². The molecule has 0 unspecified atom stereocenters. The number of aromatic nitrogens is 1. The summed E-state index contributed by atoms with van der Waals surface area (Å²) in [7, 11) is -3.71. The van der Waals surface area contributed by atoms with E-state index in [1.54, 1.807) is 0 Å². The van der Waals surface area contributed by atoms with Gasteiger partial charge in [0.1, 0.15) is 6.20 Å². The van der Waals surface area contributed by atoms with E-state index >= 15 is 0 Å². The van der Waals surface area contributed by atoms with Crippen molar-refractivity contribution in [3.05, 3.63) is 28.4 Å². The predicted molar refractivity (Wildman–Crippen MR) is 62.5 cm³/mol. The first-order valence-corrected chi connectivity index (χ1v) is 6.81. The molecule has 1 saturated heterocycles. The predicted octanol–water partition coefficient (Wildman–Crippen LogP) is -0.370. The van der Waals surface area contributed by atoms with Crippen molar-refractivity contribution in [2.45, 2.75) is 17.5 Å². The highest BCUT2D eigenvalue weighted by Gasteiger charge is 2.24. The van der Waals surface area contributed by atoms with Crippen molar-refractivity contribution in [1.29, 1.82) is 0 Å². The summed E-state index contributed by atoms with van der Waals surface area (Å²) in [5.74, 6) is 0. The van der Waals surface area contributed by atoms with Gasteiger partial charge in [0.2, 0.25) is 0 Å². The number of nitrogens with zero attached hydrogens (tertiary/aromatic N) is 2. The van der Waals surface area contributed by atoms with Gasteiger partial charge in [0.15, 0.2) is 5.03 Å². The second kappa shape index (κ2) is 4.96. The van der Waals surface area contributed by atoms with Crippen LogP contribution in [0, 0.1) is 10.1 Å². The molecule has 0 aromatic carbocycles. The van der Waals surface area contributed by atoms with Gasteiger partial charge >= 0.3 is 0 Å². The Hall–Kier alpha value is -1.58. The van der Waals surface area contributed by atoms with Crippen molar-refractivity contribution < 1.29 is 13.3 Å². The molecule has 1 aliphatic heterocycles. The lowest BCUT2D eigenvalue weighted by Crippen LogP contribution is -2.36. The number of rotatable bonds is 4. The van der Waals surface area contributed by atoms with E-state index in [2.05, 4.69) is 15.0 Å². The van der Waals surface area contributed by atoms with Crippen LogP contribution in [0.1, 0.15) is 6.42 Å². The highest BCUT2D eigenvalue weighted by atomic mass is 32.2. The number of hydrogen-bond acceptors (Lipinski definition) is 6. The maximum atomic E-state index is 11.9. The molecule has 0 aliphatic carbocycles. The van der Waals surface area contributed by atoms with E-state index < -0.39 is 14.9 Å². The van der Waals surface area contributed by atoms with Gasteiger partial charge in [-0.15, -0.1) is 0 Å². The number of sulfonamides is 1. The standard InChI is InChI=1S/C9H12N4O4S/c14-13(15)8-1-2-9(11-6-8)18(16,17)12-7-3-4-10-5-7/h1-2,6-7,10,12H,3-5H2/t7-/m1/s1. The Kier molecular flexibility index (Phi) is 3.55. The average Bonchev–Trinajstić information content (AvgIpc) is 2.81. The minimum atomic E-state index is -3.71. The monoisotopic (exact) mass is 272 g/mol. The van der Waals surface area contributed by atoms with Crippen LogP contribution in [-0.4, -0.2) is 37.5 Å². The van der Waals surface area contributed by atoms with E-state index in [4.69, 9.17) is 0 Å². The maximum absolute atomic E-state index is 11.9. The molecule has 2 rings (SSSR count). The normalized spacial score (nSPS) is 19.9. The zero-order valence-corrected chi connectivity index (χ0v) is 10.2. The van der Waals surface area contributed by atoms with Crippen LogP contribution >= 0.6 is 0 Å². The number of hydrogen-bond donors (Lipinski definition) is 2. The Morgan fingerprint density at radius 2 is 2.28 bits per heavy atom. The van der Waals surface area contributed by atoms with Crippen LogP contribution < -0.4 is 10.0 Å². The van der Waals surface area contributed by atoms with Crippen LogP contribution in [0.2, 0.25) is 0 Å². The zero-order valence-electron chi connectivity index (χ0n) is 9.37. The Labute approximate surface area is 104 Å². The fourth-order valence-corrected chi connectivity index (χ4v) is 2.87. The molecule has 0 saturated carbocycles. The molecule has 0 radical (unpaired) electrons. The molecular weight excluding hydrogens is 260 g/mol. The van der Waals surface area contributed by atoms with Gasteiger partial charge in [-0.1, -0.05) is 0 Å². The molecule has 1 atom stereocenters. The van der Waals surface area contributed by atoms with Crippen molar-refractivity contribution in [2.75, 3.05) is 13.1 Å². The van der Waals surface area contributed by atoms with Gasteiger partial charge in [-0.25, -0.2) is 18.1 Å². The lowest BCUT2D eigenvalue weighted by molar-refractivity contribution is -0.385. The Balaban J connectivity index is 2.16. The van der Waals surface area contributed by atoms with Gasteiger partial charge in [-0.05, 0) is 19.0 Å². The maximum Gasteiger partial charge on any atom is 0.287 e. The summed E-state index contributed by atoms with van der Waals surface area (Å²) in [4.78, 5) is 13.4. The van der Waals surface area contributed by atoms with E-state index in [1.165, 1.54) is 0 Å². The number of nitro groups is 1. The van der Waals surface area contributed by atoms with Crippen LogP contribution in [0.3, 0.4) is 0 Å². The van der Waals surface area contributed by atoms with Crippen LogP contribution in [0.4, 0.5) is 5.69 Å². The molecule has 0 amide bonds. The van der Waals surface area contributed by atoms with E-state index in [9.17, 15) is 18.5 Å². The molecule has 1 aliphatic rings. The topological polar surface area (TPSA) is 114 Å². The quantitative estimate of drug-likeness (QED) is 0.571. The summed E-state index contributed by atoms with van der Waals surface area (Å²) in [6.45, 7) is 1.34.